The van der Waals surface area contributed by atoms with E-state index in [1.165, 1.54) is 23.1 Å². The van der Waals surface area contributed by atoms with Gasteiger partial charge in [-0.1, -0.05) is 17.4 Å². The second kappa shape index (κ2) is 9.14. The average molecular weight is 489 g/mol. The minimum absolute atomic E-state index is 0.0899. The van der Waals surface area contributed by atoms with E-state index in [-0.39, 0.29) is 39.5 Å². The topological polar surface area (TPSA) is 82.2 Å². The molecule has 8 nitrogen and oxygen atoms in total. The second-order valence-corrected chi connectivity index (χ2v) is 8.42. The number of carbonyl (C=O) groups is 1. The predicted molar refractivity (Wildman–Crippen MR) is 118 cm³/mol. The summed E-state index contributed by atoms with van der Waals surface area (Å²) in [5.74, 6) is -2.81. The first-order chi connectivity index (χ1) is 16.2. The highest BCUT2D eigenvalue weighted by Crippen LogP contribution is 2.33. The summed E-state index contributed by atoms with van der Waals surface area (Å²) in [4.78, 5) is 30.3. The number of benzene rings is 2. The van der Waals surface area contributed by atoms with E-state index < -0.39 is 23.1 Å². The molecule has 0 unspecified atom stereocenters. The molecule has 176 valence electrons. The van der Waals surface area contributed by atoms with Crippen LogP contribution in [0.4, 0.5) is 13.2 Å². The highest BCUT2D eigenvalue weighted by molar-refractivity contribution is 7.15. The van der Waals surface area contributed by atoms with Crippen LogP contribution < -0.4 is 10.4 Å². The van der Waals surface area contributed by atoms with E-state index >= 15 is 0 Å². The normalized spacial score (nSPS) is 11.0. The van der Waals surface area contributed by atoms with Gasteiger partial charge in [0.2, 0.25) is 5.06 Å². The minimum atomic E-state index is -0.791. The molecule has 0 bridgehead atoms. The standard InChI is InChI=1S/C22H18F3N5O3S/c1-12-21(34-19(27-12)20(31)28(2)3)33-18-8-7-13(9-17(18)25)30-22(32)29(11-26-30)10-14-15(23)5-4-6-16(14)24/h4-9,11H,10H2,1-3H3. The highest BCUT2D eigenvalue weighted by Gasteiger charge is 2.19. The van der Waals surface area contributed by atoms with Gasteiger partial charge in [0.25, 0.3) is 5.91 Å². The van der Waals surface area contributed by atoms with Crippen molar-refractivity contribution in [3.05, 3.63) is 86.9 Å². The maximum absolute atomic E-state index is 14.8. The molecule has 0 spiro atoms. The summed E-state index contributed by atoms with van der Waals surface area (Å²) in [7, 11) is 3.18. The van der Waals surface area contributed by atoms with Crippen LogP contribution in [0, 0.1) is 24.4 Å². The Morgan fingerprint density at radius 1 is 1.12 bits per heavy atom. The largest absolute Gasteiger partial charge is 0.442 e. The summed E-state index contributed by atoms with van der Waals surface area (Å²) in [5.41, 5.74) is -0.479. The van der Waals surface area contributed by atoms with Crippen molar-refractivity contribution in [1.82, 2.24) is 24.2 Å². The van der Waals surface area contributed by atoms with Crippen LogP contribution in [0.5, 0.6) is 10.8 Å². The monoisotopic (exact) mass is 489 g/mol. The number of rotatable bonds is 6. The third kappa shape index (κ3) is 4.44. The van der Waals surface area contributed by atoms with Gasteiger partial charge in [0.1, 0.15) is 18.0 Å². The Morgan fingerprint density at radius 3 is 2.47 bits per heavy atom. The zero-order valence-corrected chi connectivity index (χ0v) is 19.1. The Labute approximate surface area is 195 Å². The molecule has 0 aliphatic rings. The maximum atomic E-state index is 14.8. The lowest BCUT2D eigenvalue weighted by Crippen LogP contribution is -2.24. The van der Waals surface area contributed by atoms with Crippen molar-refractivity contribution < 1.29 is 22.7 Å². The molecule has 1 amide bonds. The van der Waals surface area contributed by atoms with Crippen LogP contribution in [-0.4, -0.2) is 44.2 Å². The van der Waals surface area contributed by atoms with Crippen LogP contribution in [-0.2, 0) is 6.54 Å². The van der Waals surface area contributed by atoms with E-state index in [0.29, 0.717) is 5.69 Å². The zero-order chi connectivity index (χ0) is 24.6. The minimum Gasteiger partial charge on any atom is -0.442 e. The predicted octanol–water partition coefficient (Wildman–Crippen LogP) is 3.76. The summed E-state index contributed by atoms with van der Waals surface area (Å²) >= 11 is 0.986. The van der Waals surface area contributed by atoms with E-state index in [2.05, 4.69) is 10.1 Å². The molecule has 0 atom stereocenters. The second-order valence-electron chi connectivity index (χ2n) is 7.46. The van der Waals surface area contributed by atoms with Gasteiger partial charge in [-0.2, -0.15) is 9.78 Å². The number of hydrogen-bond acceptors (Lipinski definition) is 6. The molecule has 2 aromatic heterocycles. The Morgan fingerprint density at radius 2 is 1.82 bits per heavy atom. The third-order valence-corrected chi connectivity index (χ3v) is 5.85. The summed E-state index contributed by atoms with van der Waals surface area (Å²) in [6.45, 7) is 1.26. The number of carbonyl (C=O) groups excluding carboxylic acids is 1. The van der Waals surface area contributed by atoms with Crippen molar-refractivity contribution in [2.75, 3.05) is 14.1 Å². The Hall–Kier alpha value is -3.93. The molecule has 0 radical (unpaired) electrons. The first-order valence-electron chi connectivity index (χ1n) is 9.90. The van der Waals surface area contributed by atoms with Crippen LogP contribution in [0.15, 0.2) is 47.5 Å². The molecule has 0 saturated heterocycles. The zero-order valence-electron chi connectivity index (χ0n) is 18.3. The van der Waals surface area contributed by atoms with Gasteiger partial charge < -0.3 is 9.64 Å². The van der Waals surface area contributed by atoms with Crippen LogP contribution in [0.25, 0.3) is 5.69 Å². The molecule has 0 saturated carbocycles. The van der Waals surface area contributed by atoms with Gasteiger partial charge in [-0.25, -0.2) is 22.9 Å². The first kappa shape index (κ1) is 23.2. The molecule has 12 heteroatoms. The van der Waals surface area contributed by atoms with Gasteiger partial charge in [-0.3, -0.25) is 9.36 Å². The van der Waals surface area contributed by atoms with E-state index in [0.717, 1.165) is 45.1 Å². The maximum Gasteiger partial charge on any atom is 0.350 e. The average Bonchev–Trinajstić information content (AvgIpc) is 3.34. The summed E-state index contributed by atoms with van der Waals surface area (Å²) < 4.78 is 50.1. The van der Waals surface area contributed by atoms with Crippen LogP contribution in [0.2, 0.25) is 0 Å². The van der Waals surface area contributed by atoms with Crippen molar-refractivity contribution in [2.24, 2.45) is 0 Å². The number of aromatic nitrogens is 4. The Balaban J connectivity index is 1.58. The molecule has 0 N–H and O–H groups in total. The number of amides is 1. The van der Waals surface area contributed by atoms with E-state index in [1.807, 2.05) is 0 Å². The Kier molecular flexibility index (Phi) is 6.24. The summed E-state index contributed by atoms with van der Waals surface area (Å²) in [6.07, 6.45) is 1.11. The lowest BCUT2D eigenvalue weighted by atomic mass is 10.2. The highest BCUT2D eigenvalue weighted by atomic mass is 32.1. The molecular weight excluding hydrogens is 471 g/mol. The van der Waals surface area contributed by atoms with Gasteiger partial charge in [-0.15, -0.1) is 0 Å². The van der Waals surface area contributed by atoms with Crippen molar-refractivity contribution in [3.63, 3.8) is 0 Å². The van der Waals surface area contributed by atoms with E-state index in [9.17, 15) is 22.8 Å². The van der Waals surface area contributed by atoms with Gasteiger partial charge in [0, 0.05) is 25.7 Å². The van der Waals surface area contributed by atoms with Crippen molar-refractivity contribution in [1.29, 1.82) is 0 Å². The first-order valence-corrected chi connectivity index (χ1v) is 10.7. The number of aryl methyl sites for hydroxylation is 1. The lowest BCUT2D eigenvalue weighted by molar-refractivity contribution is 0.0827. The fourth-order valence-electron chi connectivity index (χ4n) is 3.04. The van der Waals surface area contributed by atoms with Crippen molar-refractivity contribution in [2.45, 2.75) is 13.5 Å². The molecule has 4 aromatic rings. The number of thiazole rings is 1. The molecule has 0 fully saturated rings. The lowest BCUT2D eigenvalue weighted by Gasteiger charge is -2.07. The summed E-state index contributed by atoms with van der Waals surface area (Å²) in [6, 6.07) is 7.15. The van der Waals surface area contributed by atoms with Crippen LogP contribution in [0.3, 0.4) is 0 Å². The van der Waals surface area contributed by atoms with E-state index in [1.54, 1.807) is 21.0 Å². The Bertz CT molecular complexity index is 1420. The quantitative estimate of drug-likeness (QED) is 0.412. The summed E-state index contributed by atoms with van der Waals surface area (Å²) in [5, 5.41) is 4.38. The molecule has 2 heterocycles. The number of ether oxygens (including phenoxy) is 1. The van der Waals surface area contributed by atoms with Crippen molar-refractivity contribution >= 4 is 17.2 Å². The van der Waals surface area contributed by atoms with Crippen LogP contribution >= 0.6 is 11.3 Å². The van der Waals surface area contributed by atoms with Gasteiger partial charge in [0.15, 0.2) is 16.6 Å². The molecule has 34 heavy (non-hydrogen) atoms. The molecular formula is C22H18F3N5O3S. The van der Waals surface area contributed by atoms with Gasteiger partial charge in [0.05, 0.1) is 17.9 Å². The SMILES string of the molecule is Cc1nc(C(=O)N(C)C)sc1Oc1ccc(-n2ncn(Cc3c(F)cccc3F)c2=O)cc1F. The van der Waals surface area contributed by atoms with E-state index in [4.69, 9.17) is 4.74 Å². The molecule has 4 rings (SSSR count). The molecule has 0 aliphatic heterocycles. The molecule has 2 aromatic carbocycles. The third-order valence-electron chi connectivity index (χ3n) is 4.83. The molecule has 0 aliphatic carbocycles. The number of nitrogens with zero attached hydrogens (tertiary/aromatic N) is 5. The smallest absolute Gasteiger partial charge is 0.350 e. The number of hydrogen-bond donors (Lipinski definition) is 0. The van der Waals surface area contributed by atoms with Crippen LogP contribution in [0.1, 0.15) is 21.1 Å². The van der Waals surface area contributed by atoms with Gasteiger partial charge >= 0.3 is 5.69 Å². The van der Waals surface area contributed by atoms with Gasteiger partial charge in [-0.05, 0) is 31.2 Å². The fourth-order valence-corrected chi connectivity index (χ4v) is 3.99. The number of halogens is 3. The van der Waals surface area contributed by atoms with Crippen molar-refractivity contribution in [3.8, 4) is 16.5 Å². The fraction of sp³-hybridized carbons (Fsp3) is 0.182.